The van der Waals surface area contributed by atoms with E-state index in [0.29, 0.717) is 24.5 Å². The lowest BCUT2D eigenvalue weighted by Gasteiger charge is -2.18. The fraction of sp³-hybridized carbons (Fsp3) is 0.920. The predicted octanol–water partition coefficient (Wildman–Crippen LogP) is 5.92. The lowest BCUT2D eigenvalue weighted by atomic mass is 10.0. The number of rotatable bonds is 20. The molecule has 0 aliphatic carbocycles. The Balaban J connectivity index is 1.99. The molecule has 32 heavy (non-hydrogen) atoms. The number of carboxylic acid groups (broad SMARTS) is 1. The molecule has 188 valence electrons. The molecular weight excluding hydrogens is 426 g/mol. The zero-order valence-corrected chi connectivity index (χ0v) is 21.5. The summed E-state index contributed by atoms with van der Waals surface area (Å²) in [6.45, 7) is 6.51. The lowest BCUT2D eigenvalue weighted by molar-refractivity contribution is -0.141. The number of hydrogen-bond acceptors (Lipinski definition) is 5. The number of unbranched alkanes of at least 4 members (excludes halogenated alkanes) is 12. The Labute approximate surface area is 200 Å². The summed E-state index contributed by atoms with van der Waals surface area (Å²) in [6, 6.07) is -0.857. The maximum atomic E-state index is 12.1. The van der Waals surface area contributed by atoms with E-state index in [1.165, 1.54) is 76.0 Å². The maximum absolute atomic E-state index is 12.1. The minimum Gasteiger partial charge on any atom is -0.480 e. The number of hydrogen-bond donors (Lipinski definition) is 2. The van der Waals surface area contributed by atoms with Crippen LogP contribution in [0.3, 0.4) is 0 Å². The van der Waals surface area contributed by atoms with Gasteiger partial charge in [0.25, 0.3) is 0 Å². The third-order valence-electron chi connectivity index (χ3n) is 5.80. The standard InChI is InChI=1S/C25H47NO5S/c1-4-5-6-7-8-9-10-11-12-13-14-15-16-17-23(27)26-22(24(28)29)20-32-19-21-18-30-25(2,3)31-21/h21-22H,4-20H2,1-3H3,(H,26,27)(H,28,29)/t21-,22+/m1/s1. The second kappa shape index (κ2) is 17.7. The van der Waals surface area contributed by atoms with Gasteiger partial charge in [0, 0.05) is 17.9 Å². The number of amides is 1. The number of carbonyl (C=O) groups is 2. The zero-order valence-electron chi connectivity index (χ0n) is 20.7. The molecule has 0 aromatic carbocycles. The van der Waals surface area contributed by atoms with Crippen molar-refractivity contribution in [3.05, 3.63) is 0 Å². The second-order valence-electron chi connectivity index (χ2n) is 9.44. The summed E-state index contributed by atoms with van der Waals surface area (Å²) in [7, 11) is 0. The molecular formula is C25H47NO5S. The monoisotopic (exact) mass is 473 g/mol. The Hall–Kier alpha value is -0.790. The second-order valence-corrected chi connectivity index (χ2v) is 10.5. The van der Waals surface area contributed by atoms with E-state index in [-0.39, 0.29) is 12.0 Å². The molecule has 1 fully saturated rings. The maximum Gasteiger partial charge on any atom is 0.327 e. The van der Waals surface area contributed by atoms with E-state index in [1.54, 1.807) is 0 Å². The van der Waals surface area contributed by atoms with Gasteiger partial charge in [-0.1, -0.05) is 84.0 Å². The molecule has 1 aliphatic rings. The van der Waals surface area contributed by atoms with Gasteiger partial charge in [-0.05, 0) is 20.3 Å². The first kappa shape index (κ1) is 29.2. The van der Waals surface area contributed by atoms with Crippen molar-refractivity contribution in [2.75, 3.05) is 18.1 Å². The van der Waals surface area contributed by atoms with Gasteiger partial charge in [-0.25, -0.2) is 4.79 Å². The molecule has 7 heteroatoms. The van der Waals surface area contributed by atoms with E-state index in [1.807, 2.05) is 13.8 Å². The van der Waals surface area contributed by atoms with Crippen molar-refractivity contribution in [1.82, 2.24) is 5.32 Å². The number of nitrogens with one attached hydrogen (secondary N) is 1. The third-order valence-corrected chi connectivity index (χ3v) is 6.97. The van der Waals surface area contributed by atoms with Crippen molar-refractivity contribution in [1.29, 1.82) is 0 Å². The quantitative estimate of drug-likeness (QED) is 0.213. The topological polar surface area (TPSA) is 84.9 Å². The van der Waals surface area contributed by atoms with Gasteiger partial charge in [0.15, 0.2) is 5.79 Å². The van der Waals surface area contributed by atoms with Gasteiger partial charge in [0.1, 0.15) is 6.04 Å². The lowest BCUT2D eigenvalue weighted by Crippen LogP contribution is -2.42. The molecule has 6 nitrogen and oxygen atoms in total. The highest BCUT2D eigenvalue weighted by Crippen LogP contribution is 2.24. The highest BCUT2D eigenvalue weighted by Gasteiger charge is 2.32. The molecule has 2 N–H and O–H groups in total. The molecule has 0 aromatic rings. The van der Waals surface area contributed by atoms with Gasteiger partial charge < -0.3 is 19.9 Å². The summed E-state index contributed by atoms with van der Waals surface area (Å²) in [5.41, 5.74) is 0. The van der Waals surface area contributed by atoms with E-state index in [2.05, 4.69) is 12.2 Å². The van der Waals surface area contributed by atoms with E-state index in [0.717, 1.165) is 19.3 Å². The Morgan fingerprint density at radius 1 is 0.969 bits per heavy atom. The summed E-state index contributed by atoms with van der Waals surface area (Å²) >= 11 is 1.48. The fourth-order valence-electron chi connectivity index (χ4n) is 3.91. The normalized spacial score (nSPS) is 18.5. The van der Waals surface area contributed by atoms with Gasteiger partial charge in [0.2, 0.25) is 5.91 Å². The first-order valence-corrected chi connectivity index (χ1v) is 13.9. The van der Waals surface area contributed by atoms with E-state index < -0.39 is 17.8 Å². The van der Waals surface area contributed by atoms with Gasteiger partial charge in [-0.15, -0.1) is 0 Å². The molecule has 0 bridgehead atoms. The van der Waals surface area contributed by atoms with Crippen LogP contribution in [-0.2, 0) is 19.1 Å². The summed E-state index contributed by atoms with van der Waals surface area (Å²) in [4.78, 5) is 23.6. The van der Waals surface area contributed by atoms with Crippen molar-refractivity contribution in [3.8, 4) is 0 Å². The molecule has 0 unspecified atom stereocenters. The minimum absolute atomic E-state index is 0.0362. The van der Waals surface area contributed by atoms with Crippen LogP contribution in [0.5, 0.6) is 0 Å². The number of ether oxygens (including phenoxy) is 2. The smallest absolute Gasteiger partial charge is 0.327 e. The summed E-state index contributed by atoms with van der Waals surface area (Å²) < 4.78 is 11.2. The molecule has 0 aromatic heterocycles. The van der Waals surface area contributed by atoms with Gasteiger partial charge in [0.05, 0.1) is 12.7 Å². The highest BCUT2D eigenvalue weighted by molar-refractivity contribution is 7.99. The summed E-state index contributed by atoms with van der Waals surface area (Å²) in [5, 5.41) is 12.1. The van der Waals surface area contributed by atoms with Crippen LogP contribution < -0.4 is 5.32 Å². The van der Waals surface area contributed by atoms with Crippen molar-refractivity contribution in [2.24, 2.45) is 0 Å². The van der Waals surface area contributed by atoms with Crippen molar-refractivity contribution in [3.63, 3.8) is 0 Å². The SMILES string of the molecule is CCCCCCCCCCCCCCCC(=O)N[C@@H](CSC[C@H]1COC(C)(C)O1)C(=O)O. The Morgan fingerprint density at radius 2 is 1.50 bits per heavy atom. The number of thioether (sulfide) groups is 1. The summed E-state index contributed by atoms with van der Waals surface area (Å²) in [5.74, 6) is -0.732. The fourth-order valence-corrected chi connectivity index (χ4v) is 4.93. The van der Waals surface area contributed by atoms with Crippen molar-refractivity contribution >= 4 is 23.6 Å². The van der Waals surface area contributed by atoms with Crippen LogP contribution >= 0.6 is 11.8 Å². The van der Waals surface area contributed by atoms with Gasteiger partial charge in [-0.2, -0.15) is 11.8 Å². The molecule has 2 atom stereocenters. The van der Waals surface area contributed by atoms with E-state index in [9.17, 15) is 14.7 Å². The molecule has 0 radical (unpaired) electrons. The van der Waals surface area contributed by atoms with Gasteiger partial charge >= 0.3 is 5.97 Å². The average molecular weight is 474 g/mol. The molecule has 1 heterocycles. The molecule has 1 amide bonds. The molecule has 1 aliphatic heterocycles. The number of carboxylic acids is 1. The van der Waals surface area contributed by atoms with E-state index >= 15 is 0 Å². The Kier molecular flexibility index (Phi) is 16.1. The van der Waals surface area contributed by atoms with E-state index in [4.69, 9.17) is 9.47 Å². The van der Waals surface area contributed by atoms with Crippen LogP contribution in [0.4, 0.5) is 0 Å². The molecule has 0 saturated carbocycles. The molecule has 0 spiro atoms. The first-order chi connectivity index (χ1) is 15.3. The van der Waals surface area contributed by atoms with Gasteiger partial charge in [-0.3, -0.25) is 4.79 Å². The minimum atomic E-state index is -0.986. The Morgan fingerprint density at radius 3 is 1.97 bits per heavy atom. The Bertz CT molecular complexity index is 515. The van der Waals surface area contributed by atoms with Crippen LogP contribution in [-0.4, -0.2) is 53.0 Å². The van der Waals surface area contributed by atoms with Crippen LogP contribution in [0.25, 0.3) is 0 Å². The van der Waals surface area contributed by atoms with Crippen LogP contribution in [0.1, 0.15) is 111 Å². The number of aliphatic carboxylic acids is 1. The largest absolute Gasteiger partial charge is 0.480 e. The third kappa shape index (κ3) is 15.1. The average Bonchev–Trinajstić information content (AvgIpc) is 3.09. The number of carbonyl (C=O) groups excluding carboxylic acids is 1. The molecule has 1 saturated heterocycles. The van der Waals surface area contributed by atoms with Crippen molar-refractivity contribution < 1.29 is 24.2 Å². The predicted molar refractivity (Wildman–Crippen MR) is 132 cm³/mol. The van der Waals surface area contributed by atoms with Crippen molar-refractivity contribution in [2.45, 2.75) is 129 Å². The highest BCUT2D eigenvalue weighted by atomic mass is 32.2. The van der Waals surface area contributed by atoms with Crippen LogP contribution in [0, 0.1) is 0 Å². The van der Waals surface area contributed by atoms with Crippen LogP contribution in [0.15, 0.2) is 0 Å². The molecule has 1 rings (SSSR count). The van der Waals surface area contributed by atoms with Crippen LogP contribution in [0.2, 0.25) is 0 Å². The zero-order chi connectivity index (χ0) is 23.7. The first-order valence-electron chi connectivity index (χ1n) is 12.8. The summed E-state index contributed by atoms with van der Waals surface area (Å²) in [6.07, 6.45) is 16.8.